The lowest BCUT2D eigenvalue weighted by molar-refractivity contribution is -0.133. The average molecular weight is 342 g/mol. The molecule has 2 aliphatic carbocycles. The number of aryl methyl sites for hydroxylation is 1. The zero-order valence-corrected chi connectivity index (χ0v) is 15.0. The Morgan fingerprint density at radius 3 is 2.52 bits per heavy atom. The first-order valence-electron chi connectivity index (χ1n) is 9.30. The lowest BCUT2D eigenvalue weighted by Gasteiger charge is -2.47. The number of cyclic esters (lactones) is 1. The van der Waals surface area contributed by atoms with Crippen molar-refractivity contribution in [2.24, 2.45) is 5.92 Å². The minimum Gasteiger partial charge on any atom is -0.447 e. The Labute approximate surface area is 148 Å². The first-order chi connectivity index (χ1) is 12.0. The van der Waals surface area contributed by atoms with Gasteiger partial charge in [-0.2, -0.15) is 0 Å². The van der Waals surface area contributed by atoms with Gasteiger partial charge in [0.15, 0.2) is 0 Å². The molecule has 134 valence electrons. The summed E-state index contributed by atoms with van der Waals surface area (Å²) in [4.78, 5) is 25.6. The molecule has 1 N–H and O–H groups in total. The Kier molecular flexibility index (Phi) is 3.97. The topological polar surface area (TPSA) is 58.6 Å². The van der Waals surface area contributed by atoms with Crippen molar-refractivity contribution in [1.29, 1.82) is 0 Å². The van der Waals surface area contributed by atoms with Crippen LogP contribution < -0.4 is 5.32 Å². The van der Waals surface area contributed by atoms with E-state index in [9.17, 15) is 9.59 Å². The number of carbonyl (C=O) groups is 2. The maximum absolute atomic E-state index is 12.4. The van der Waals surface area contributed by atoms with Gasteiger partial charge in [-0.25, -0.2) is 4.79 Å². The summed E-state index contributed by atoms with van der Waals surface area (Å²) in [6.07, 6.45) is 4.28. The summed E-state index contributed by atoms with van der Waals surface area (Å²) in [6.45, 7) is 2.59. The molecule has 1 aromatic rings. The first-order valence-corrected chi connectivity index (χ1v) is 9.30. The molecule has 0 atom stereocenters. The standard InChI is InChI=1S/C20H26N2O3/c1-3-13-4-6-14(7-5-13)15-8-17(9-15)21-18(23)16-10-20(11-16)12-25-19(24)22(20)2/h4-7,15-17H,3,8-12H2,1-2H3,(H,21,23). The van der Waals surface area contributed by atoms with Crippen LogP contribution >= 0.6 is 0 Å². The highest BCUT2D eigenvalue weighted by molar-refractivity contribution is 5.81. The van der Waals surface area contributed by atoms with Crippen LogP contribution in [0.25, 0.3) is 0 Å². The number of carbonyl (C=O) groups excluding carboxylic acids is 2. The Morgan fingerprint density at radius 2 is 1.96 bits per heavy atom. The Bertz CT molecular complexity index is 673. The molecule has 0 bridgehead atoms. The van der Waals surface area contributed by atoms with Gasteiger partial charge in [-0.3, -0.25) is 4.79 Å². The number of nitrogens with zero attached hydrogens (tertiary/aromatic N) is 1. The number of hydrogen-bond acceptors (Lipinski definition) is 3. The molecule has 1 aromatic carbocycles. The fourth-order valence-electron chi connectivity index (χ4n) is 4.37. The van der Waals surface area contributed by atoms with Crippen molar-refractivity contribution in [2.75, 3.05) is 13.7 Å². The van der Waals surface area contributed by atoms with Gasteiger partial charge >= 0.3 is 6.09 Å². The van der Waals surface area contributed by atoms with Crippen LogP contribution in [0.3, 0.4) is 0 Å². The van der Waals surface area contributed by atoms with E-state index in [1.807, 2.05) is 0 Å². The highest BCUT2D eigenvalue weighted by atomic mass is 16.6. The molecule has 2 saturated carbocycles. The zero-order chi connectivity index (χ0) is 17.6. The van der Waals surface area contributed by atoms with Gasteiger partial charge in [0.1, 0.15) is 6.61 Å². The normalized spacial score (nSPS) is 33.6. The number of benzene rings is 1. The van der Waals surface area contributed by atoms with Gasteiger partial charge in [-0.15, -0.1) is 0 Å². The monoisotopic (exact) mass is 342 g/mol. The van der Waals surface area contributed by atoms with E-state index in [2.05, 4.69) is 36.5 Å². The second-order valence-electron chi connectivity index (χ2n) is 7.91. The SMILES string of the molecule is CCc1ccc(C2CC(NC(=O)C3CC4(COC(=O)N4C)C3)C2)cc1. The molecule has 0 aromatic heterocycles. The van der Waals surface area contributed by atoms with Crippen molar-refractivity contribution in [1.82, 2.24) is 10.2 Å². The Morgan fingerprint density at radius 1 is 1.28 bits per heavy atom. The fourth-order valence-corrected chi connectivity index (χ4v) is 4.37. The predicted octanol–water partition coefficient (Wildman–Crippen LogP) is 2.84. The predicted molar refractivity (Wildman–Crippen MR) is 94.3 cm³/mol. The van der Waals surface area contributed by atoms with E-state index in [-0.39, 0.29) is 23.5 Å². The lowest BCUT2D eigenvalue weighted by Crippen LogP contribution is -2.59. The van der Waals surface area contributed by atoms with Crippen LogP contribution in [-0.4, -0.2) is 42.1 Å². The fraction of sp³-hybridized carbons (Fsp3) is 0.600. The zero-order valence-electron chi connectivity index (χ0n) is 15.0. The largest absolute Gasteiger partial charge is 0.447 e. The molecule has 4 rings (SSSR count). The average Bonchev–Trinajstić information content (AvgIpc) is 2.85. The molecule has 1 heterocycles. The van der Waals surface area contributed by atoms with E-state index in [4.69, 9.17) is 4.74 Å². The van der Waals surface area contributed by atoms with E-state index in [1.54, 1.807) is 11.9 Å². The molecule has 0 unspecified atom stereocenters. The van der Waals surface area contributed by atoms with Crippen LogP contribution in [0, 0.1) is 5.92 Å². The third kappa shape index (κ3) is 2.79. The van der Waals surface area contributed by atoms with Gasteiger partial charge in [-0.05, 0) is 49.1 Å². The van der Waals surface area contributed by atoms with E-state index in [1.165, 1.54) is 11.1 Å². The summed E-state index contributed by atoms with van der Waals surface area (Å²) >= 11 is 0. The number of rotatable bonds is 4. The minimum absolute atomic E-state index is 0.0137. The van der Waals surface area contributed by atoms with E-state index >= 15 is 0 Å². The maximum Gasteiger partial charge on any atom is 0.410 e. The summed E-state index contributed by atoms with van der Waals surface area (Å²) < 4.78 is 5.10. The molecule has 5 nitrogen and oxygen atoms in total. The summed E-state index contributed by atoms with van der Waals surface area (Å²) in [5.74, 6) is 0.721. The van der Waals surface area contributed by atoms with Gasteiger partial charge in [0.25, 0.3) is 0 Å². The summed E-state index contributed by atoms with van der Waals surface area (Å²) in [7, 11) is 1.77. The van der Waals surface area contributed by atoms with Crippen LogP contribution in [0.1, 0.15) is 49.7 Å². The van der Waals surface area contributed by atoms with Crippen molar-refractivity contribution in [2.45, 2.75) is 56.5 Å². The van der Waals surface area contributed by atoms with Gasteiger partial charge in [0.05, 0.1) is 5.54 Å². The molecule has 3 aliphatic rings. The summed E-state index contributed by atoms with van der Waals surface area (Å²) in [6, 6.07) is 9.15. The Hall–Kier alpha value is -2.04. The van der Waals surface area contributed by atoms with E-state index in [0.29, 0.717) is 18.6 Å². The summed E-state index contributed by atoms with van der Waals surface area (Å²) in [5, 5.41) is 3.19. The van der Waals surface area contributed by atoms with Crippen LogP contribution in [-0.2, 0) is 16.0 Å². The van der Waals surface area contributed by atoms with Gasteiger partial charge in [0.2, 0.25) is 5.91 Å². The minimum atomic E-state index is -0.269. The number of ether oxygens (including phenoxy) is 1. The molecule has 3 fully saturated rings. The third-order valence-corrected chi connectivity index (χ3v) is 6.42. The highest BCUT2D eigenvalue weighted by Gasteiger charge is 2.56. The molecule has 1 spiro atoms. The van der Waals surface area contributed by atoms with Gasteiger partial charge in [0, 0.05) is 19.0 Å². The quantitative estimate of drug-likeness (QED) is 0.915. The Balaban J connectivity index is 1.23. The lowest BCUT2D eigenvalue weighted by atomic mass is 9.67. The molecule has 25 heavy (non-hydrogen) atoms. The number of amides is 2. The van der Waals surface area contributed by atoms with Crippen LogP contribution in [0.2, 0.25) is 0 Å². The van der Waals surface area contributed by atoms with Crippen molar-refractivity contribution < 1.29 is 14.3 Å². The third-order valence-electron chi connectivity index (χ3n) is 6.42. The maximum atomic E-state index is 12.4. The second-order valence-corrected chi connectivity index (χ2v) is 7.91. The smallest absolute Gasteiger partial charge is 0.410 e. The van der Waals surface area contributed by atoms with Gasteiger partial charge < -0.3 is 15.0 Å². The van der Waals surface area contributed by atoms with Crippen molar-refractivity contribution in [3.8, 4) is 0 Å². The van der Waals surface area contributed by atoms with Crippen LogP contribution in [0.15, 0.2) is 24.3 Å². The molecular weight excluding hydrogens is 316 g/mol. The highest BCUT2D eigenvalue weighted by Crippen LogP contribution is 2.46. The van der Waals surface area contributed by atoms with Crippen molar-refractivity contribution >= 4 is 12.0 Å². The number of nitrogens with one attached hydrogen (secondary N) is 1. The van der Waals surface area contributed by atoms with Crippen molar-refractivity contribution in [3.63, 3.8) is 0 Å². The van der Waals surface area contributed by atoms with E-state index < -0.39 is 0 Å². The molecule has 1 saturated heterocycles. The summed E-state index contributed by atoms with van der Waals surface area (Å²) in [5.41, 5.74) is 2.52. The molecule has 5 heteroatoms. The molecule has 2 amide bonds. The van der Waals surface area contributed by atoms with Crippen LogP contribution in [0.4, 0.5) is 4.79 Å². The van der Waals surface area contributed by atoms with E-state index in [0.717, 1.165) is 32.1 Å². The second kappa shape index (κ2) is 6.04. The molecule has 0 radical (unpaired) electrons. The number of hydrogen-bond donors (Lipinski definition) is 1. The number of likely N-dealkylation sites (N-methyl/N-ethyl adjacent to an activating group) is 1. The van der Waals surface area contributed by atoms with Crippen LogP contribution in [0.5, 0.6) is 0 Å². The first kappa shape index (κ1) is 16.4. The van der Waals surface area contributed by atoms with Crippen molar-refractivity contribution in [3.05, 3.63) is 35.4 Å². The molecular formula is C20H26N2O3. The molecule has 1 aliphatic heterocycles. The van der Waals surface area contributed by atoms with Gasteiger partial charge in [-0.1, -0.05) is 31.2 Å².